The van der Waals surface area contributed by atoms with Crippen LogP contribution in [0.2, 0.25) is 0 Å². The second kappa shape index (κ2) is 9.68. The van der Waals surface area contributed by atoms with Crippen LogP contribution in [0.3, 0.4) is 0 Å². The van der Waals surface area contributed by atoms with Gasteiger partial charge in [-0.3, -0.25) is 4.98 Å². The molecule has 0 bridgehead atoms. The molecule has 0 amide bonds. The number of aromatic nitrogens is 1. The first-order valence-corrected chi connectivity index (χ1v) is 15.6. The molecule has 46 heavy (non-hydrogen) atoms. The molecule has 4 nitrogen and oxygen atoms in total. The van der Waals surface area contributed by atoms with Crippen LogP contribution in [-0.4, -0.2) is 4.98 Å². The van der Waals surface area contributed by atoms with Crippen LogP contribution in [-0.2, 0) is 0 Å². The molecule has 5 aromatic carbocycles. The Balaban J connectivity index is 0.997. The number of hydrogen-bond donors (Lipinski definition) is 1. The van der Waals surface area contributed by atoms with Gasteiger partial charge in [-0.15, -0.1) is 0 Å². The first kappa shape index (κ1) is 25.2. The van der Waals surface area contributed by atoms with Crippen molar-refractivity contribution >= 4 is 55.7 Å². The molecule has 0 saturated carbocycles. The van der Waals surface area contributed by atoms with Crippen LogP contribution in [0, 0.1) is 0 Å². The maximum absolute atomic E-state index is 6.44. The van der Waals surface area contributed by atoms with Gasteiger partial charge in [-0.25, -0.2) is 0 Å². The van der Waals surface area contributed by atoms with E-state index in [0.717, 1.165) is 77.5 Å². The summed E-state index contributed by atoms with van der Waals surface area (Å²) < 4.78 is 12.9. The first-order chi connectivity index (χ1) is 22.8. The fraction of sp³-hybridized carbons (Fsp3) is 0.0238. The van der Waals surface area contributed by atoms with Crippen molar-refractivity contribution < 1.29 is 8.83 Å². The van der Waals surface area contributed by atoms with Gasteiger partial charge in [0.05, 0.1) is 11.7 Å². The number of furan rings is 2. The van der Waals surface area contributed by atoms with Crippen LogP contribution in [0.4, 0.5) is 0 Å². The molecule has 1 unspecified atom stereocenters. The highest BCUT2D eigenvalue weighted by Crippen LogP contribution is 2.41. The smallest absolute Gasteiger partial charge is 0.178 e. The second-order valence-electron chi connectivity index (χ2n) is 12.0. The van der Waals surface area contributed by atoms with Crippen molar-refractivity contribution in [1.29, 1.82) is 0 Å². The molecule has 4 heterocycles. The molecule has 1 atom stereocenters. The van der Waals surface area contributed by atoms with Crippen molar-refractivity contribution in [1.82, 2.24) is 10.3 Å². The highest BCUT2D eigenvalue weighted by Gasteiger charge is 2.25. The Morgan fingerprint density at radius 1 is 0.522 bits per heavy atom. The lowest BCUT2D eigenvalue weighted by atomic mass is 9.90. The molecule has 4 heteroatoms. The lowest BCUT2D eigenvalue weighted by Gasteiger charge is -2.29. The maximum Gasteiger partial charge on any atom is 0.178 e. The van der Waals surface area contributed by atoms with Gasteiger partial charge in [0.1, 0.15) is 11.2 Å². The van der Waals surface area contributed by atoms with Crippen LogP contribution in [0.15, 0.2) is 154 Å². The Labute approximate surface area is 264 Å². The fourth-order valence-electron chi connectivity index (χ4n) is 7.02. The summed E-state index contributed by atoms with van der Waals surface area (Å²) in [5, 5.41) is 8.01. The van der Waals surface area contributed by atoms with Gasteiger partial charge < -0.3 is 14.2 Å². The summed E-state index contributed by atoms with van der Waals surface area (Å²) in [4.78, 5) is 4.67. The minimum Gasteiger partial charge on any atom is -0.452 e. The number of dihydropyridines is 1. The quantitative estimate of drug-likeness (QED) is 0.222. The average molecular weight is 591 g/mol. The number of nitrogens with zero attached hydrogens (tertiary/aromatic N) is 1. The van der Waals surface area contributed by atoms with E-state index in [4.69, 9.17) is 8.83 Å². The largest absolute Gasteiger partial charge is 0.452 e. The highest BCUT2D eigenvalue weighted by atomic mass is 16.4. The fourth-order valence-corrected chi connectivity index (χ4v) is 7.02. The number of allylic oxidation sites excluding steroid dienone is 2. The Hall–Kier alpha value is -6.13. The third-order valence-corrected chi connectivity index (χ3v) is 9.39. The minimum atomic E-state index is 0.0572. The molecule has 1 N–H and O–H groups in total. The molecule has 2 aliphatic rings. The van der Waals surface area contributed by atoms with Gasteiger partial charge in [-0.05, 0) is 87.5 Å². The summed E-state index contributed by atoms with van der Waals surface area (Å²) in [5.41, 5.74) is 13.6. The molecule has 10 rings (SSSR count). The zero-order valence-electron chi connectivity index (χ0n) is 24.7. The van der Waals surface area contributed by atoms with E-state index in [1.807, 2.05) is 18.3 Å². The molecular weight excluding hydrogens is 564 g/mol. The third kappa shape index (κ3) is 3.83. The van der Waals surface area contributed by atoms with Gasteiger partial charge in [-0.2, -0.15) is 0 Å². The van der Waals surface area contributed by atoms with Crippen molar-refractivity contribution in [2.24, 2.45) is 0 Å². The van der Waals surface area contributed by atoms with Gasteiger partial charge in [0.2, 0.25) is 0 Å². The average Bonchev–Trinajstić information content (AvgIpc) is 3.69. The molecule has 216 valence electrons. The van der Waals surface area contributed by atoms with Gasteiger partial charge in [-0.1, -0.05) is 91.0 Å². The van der Waals surface area contributed by atoms with Crippen LogP contribution in [0.1, 0.15) is 22.9 Å². The van der Waals surface area contributed by atoms with Crippen molar-refractivity contribution in [2.45, 2.75) is 6.04 Å². The van der Waals surface area contributed by atoms with E-state index in [-0.39, 0.29) is 6.04 Å². The molecular formula is C42H26N2O2. The Kier molecular flexibility index (Phi) is 5.31. The van der Waals surface area contributed by atoms with Crippen molar-refractivity contribution in [3.63, 3.8) is 0 Å². The molecule has 0 spiro atoms. The topological polar surface area (TPSA) is 51.2 Å². The van der Waals surface area contributed by atoms with Crippen LogP contribution < -0.4 is 5.32 Å². The zero-order valence-corrected chi connectivity index (χ0v) is 24.7. The molecule has 1 aliphatic heterocycles. The van der Waals surface area contributed by atoms with Crippen LogP contribution >= 0.6 is 0 Å². The predicted octanol–water partition coefficient (Wildman–Crippen LogP) is 10.9. The van der Waals surface area contributed by atoms with Crippen molar-refractivity contribution in [3.05, 3.63) is 162 Å². The van der Waals surface area contributed by atoms with E-state index < -0.39 is 0 Å². The van der Waals surface area contributed by atoms with E-state index in [2.05, 4.69) is 138 Å². The van der Waals surface area contributed by atoms with Crippen molar-refractivity contribution in [2.75, 3.05) is 0 Å². The van der Waals surface area contributed by atoms with E-state index in [9.17, 15) is 0 Å². The molecule has 1 aliphatic carbocycles. The lowest BCUT2D eigenvalue weighted by molar-refractivity contribution is 0.633. The SMILES string of the molecule is C1=Cc2cccnc2C2NC(c3ccc(-c4ccc5oc6c(ccc7c8cc(-c9ccccc9)ccc8oc76)c5c4)cc3)=CC=C12. The summed E-state index contributed by atoms with van der Waals surface area (Å²) in [7, 11) is 0. The molecule has 3 aromatic heterocycles. The second-order valence-corrected chi connectivity index (χ2v) is 12.0. The molecule has 8 aromatic rings. The summed E-state index contributed by atoms with van der Waals surface area (Å²) in [6.07, 6.45) is 10.5. The van der Waals surface area contributed by atoms with E-state index >= 15 is 0 Å². The number of rotatable bonds is 3. The van der Waals surface area contributed by atoms with Gasteiger partial charge in [0, 0.05) is 33.4 Å². The lowest BCUT2D eigenvalue weighted by Crippen LogP contribution is -2.26. The van der Waals surface area contributed by atoms with Crippen LogP contribution in [0.25, 0.3) is 77.9 Å². The summed E-state index contributed by atoms with van der Waals surface area (Å²) in [6.45, 7) is 0. The Morgan fingerprint density at radius 3 is 1.85 bits per heavy atom. The summed E-state index contributed by atoms with van der Waals surface area (Å²) in [5.74, 6) is 0. The van der Waals surface area contributed by atoms with Gasteiger partial charge in [0.15, 0.2) is 11.2 Å². The van der Waals surface area contributed by atoms with E-state index in [0.29, 0.717) is 0 Å². The molecule has 0 saturated heterocycles. The molecule has 0 radical (unpaired) electrons. The van der Waals surface area contributed by atoms with Crippen LogP contribution in [0.5, 0.6) is 0 Å². The van der Waals surface area contributed by atoms with Gasteiger partial charge in [0.25, 0.3) is 0 Å². The number of pyridine rings is 1. The number of hydrogen-bond acceptors (Lipinski definition) is 4. The highest BCUT2D eigenvalue weighted by molar-refractivity contribution is 6.19. The minimum absolute atomic E-state index is 0.0572. The van der Waals surface area contributed by atoms with E-state index in [1.165, 1.54) is 16.7 Å². The Bertz CT molecular complexity index is 2600. The normalized spacial score (nSPS) is 15.5. The standard InChI is InChI=1S/C42H26N2O2/c1-2-5-25(6-3-1)30-15-20-37-34(23-30)32-17-18-33-35-24-31(16-21-38(35)46-42(33)41(32)45-37)26-8-10-27(11-9-26)36-19-14-29-13-12-28-7-4-22-43-39(28)40(29)44-36/h1-24,40,44H. The maximum atomic E-state index is 6.44. The zero-order chi connectivity index (χ0) is 30.2. The molecule has 0 fully saturated rings. The monoisotopic (exact) mass is 590 g/mol. The number of benzene rings is 5. The summed E-state index contributed by atoms with van der Waals surface area (Å²) >= 11 is 0. The first-order valence-electron chi connectivity index (χ1n) is 15.6. The van der Waals surface area contributed by atoms with Gasteiger partial charge >= 0.3 is 0 Å². The number of fused-ring (bicyclic) bond motifs is 10. The Morgan fingerprint density at radius 2 is 1.15 bits per heavy atom. The van der Waals surface area contributed by atoms with Crippen molar-refractivity contribution in [3.8, 4) is 22.3 Å². The number of nitrogens with one attached hydrogen (secondary N) is 1. The summed E-state index contributed by atoms with van der Waals surface area (Å²) in [6, 6.07) is 40.5. The predicted molar refractivity (Wildman–Crippen MR) is 187 cm³/mol. The van der Waals surface area contributed by atoms with E-state index in [1.54, 1.807) is 0 Å². The third-order valence-electron chi connectivity index (χ3n) is 9.39.